The van der Waals surface area contributed by atoms with Gasteiger partial charge in [0, 0.05) is 12.6 Å². The summed E-state index contributed by atoms with van der Waals surface area (Å²) in [4.78, 5) is 36.1. The number of Topliss-reactive ketones (excluding diaryl/α,β-unsaturated/α-hetero) is 1. The largest absolute Gasteiger partial charge is 0.493 e. The summed E-state index contributed by atoms with van der Waals surface area (Å²) in [5.41, 5.74) is 0.102. The van der Waals surface area contributed by atoms with Crippen molar-refractivity contribution in [1.29, 1.82) is 0 Å². The van der Waals surface area contributed by atoms with Gasteiger partial charge in [-0.05, 0) is 12.1 Å². The molecule has 6 heteroatoms. The molecule has 1 heterocycles. The molecule has 0 fully saturated rings. The molecule has 0 atom stereocenters. The van der Waals surface area contributed by atoms with Crippen molar-refractivity contribution < 1.29 is 23.9 Å². The zero-order valence-corrected chi connectivity index (χ0v) is 10.1. The second-order valence-corrected chi connectivity index (χ2v) is 3.72. The van der Waals surface area contributed by atoms with Gasteiger partial charge in [0.05, 0.1) is 19.8 Å². The summed E-state index contributed by atoms with van der Waals surface area (Å²) in [5, 5.41) is 0. The fraction of sp³-hybridized carbons (Fsp3) is 0.250. The first-order valence-corrected chi connectivity index (χ1v) is 5.14. The number of rotatable bonds is 2. The SMILES string of the molecule is COc1ccc2c(c1OC)C(=O)N(C)C(=O)C2=O. The van der Waals surface area contributed by atoms with Crippen LogP contribution in [0.25, 0.3) is 0 Å². The van der Waals surface area contributed by atoms with Crippen LogP contribution in [-0.2, 0) is 4.79 Å². The van der Waals surface area contributed by atoms with E-state index in [4.69, 9.17) is 9.47 Å². The van der Waals surface area contributed by atoms with E-state index in [1.165, 1.54) is 33.4 Å². The molecule has 6 nitrogen and oxygen atoms in total. The molecule has 94 valence electrons. The van der Waals surface area contributed by atoms with Gasteiger partial charge in [-0.15, -0.1) is 0 Å². The minimum atomic E-state index is -0.847. The first-order chi connectivity index (χ1) is 8.52. The van der Waals surface area contributed by atoms with E-state index in [1.807, 2.05) is 0 Å². The molecule has 0 N–H and O–H groups in total. The van der Waals surface area contributed by atoms with E-state index in [2.05, 4.69) is 0 Å². The van der Waals surface area contributed by atoms with Gasteiger partial charge in [0.25, 0.3) is 11.7 Å². The van der Waals surface area contributed by atoms with Crippen molar-refractivity contribution in [3.8, 4) is 11.5 Å². The maximum Gasteiger partial charge on any atom is 0.301 e. The van der Waals surface area contributed by atoms with E-state index in [0.29, 0.717) is 5.75 Å². The standard InChI is InChI=1S/C12H11NO5/c1-13-11(15)8-6(9(14)12(13)16)4-5-7(17-2)10(8)18-3/h4-5H,1-3H3. The molecule has 0 aromatic heterocycles. The Labute approximate surface area is 103 Å². The maximum absolute atomic E-state index is 12.0. The van der Waals surface area contributed by atoms with E-state index in [9.17, 15) is 14.4 Å². The third-order valence-electron chi connectivity index (χ3n) is 2.81. The number of ketones is 1. The molecular formula is C12H11NO5. The molecule has 0 aliphatic carbocycles. The zero-order chi connectivity index (χ0) is 13.4. The van der Waals surface area contributed by atoms with Crippen molar-refractivity contribution in [3.63, 3.8) is 0 Å². The quantitative estimate of drug-likeness (QED) is 0.563. The highest BCUT2D eigenvalue weighted by Gasteiger charge is 2.38. The average molecular weight is 249 g/mol. The summed E-state index contributed by atoms with van der Waals surface area (Å²) in [6.45, 7) is 0. The van der Waals surface area contributed by atoms with Crippen LogP contribution in [0.2, 0.25) is 0 Å². The summed E-state index contributed by atoms with van der Waals surface area (Å²) in [6.07, 6.45) is 0. The van der Waals surface area contributed by atoms with Crippen molar-refractivity contribution in [1.82, 2.24) is 4.90 Å². The topological polar surface area (TPSA) is 72.9 Å². The third kappa shape index (κ3) is 1.46. The van der Waals surface area contributed by atoms with Gasteiger partial charge >= 0.3 is 5.91 Å². The maximum atomic E-state index is 12.0. The van der Waals surface area contributed by atoms with Gasteiger partial charge in [-0.25, -0.2) is 0 Å². The Morgan fingerprint density at radius 3 is 2.22 bits per heavy atom. The molecule has 0 spiro atoms. The summed E-state index contributed by atoms with van der Waals surface area (Å²) in [5.74, 6) is -1.66. The van der Waals surface area contributed by atoms with Crippen LogP contribution >= 0.6 is 0 Å². The van der Waals surface area contributed by atoms with Gasteiger partial charge in [0.15, 0.2) is 11.5 Å². The zero-order valence-electron chi connectivity index (χ0n) is 10.1. The van der Waals surface area contributed by atoms with Crippen LogP contribution in [0.3, 0.4) is 0 Å². The van der Waals surface area contributed by atoms with Gasteiger partial charge in [0.1, 0.15) is 0 Å². The van der Waals surface area contributed by atoms with Crippen LogP contribution in [0.15, 0.2) is 12.1 Å². The number of carbonyl (C=O) groups excluding carboxylic acids is 3. The van der Waals surface area contributed by atoms with Gasteiger partial charge in [0.2, 0.25) is 0 Å². The molecule has 2 rings (SSSR count). The fourth-order valence-electron chi connectivity index (χ4n) is 1.86. The number of imide groups is 1. The summed E-state index contributed by atoms with van der Waals surface area (Å²) in [6, 6.07) is 2.88. The van der Waals surface area contributed by atoms with E-state index in [1.54, 1.807) is 0 Å². The molecule has 1 aliphatic rings. The van der Waals surface area contributed by atoms with Gasteiger partial charge in [-0.3, -0.25) is 19.3 Å². The number of nitrogens with zero attached hydrogens (tertiary/aromatic N) is 1. The number of amides is 2. The minimum absolute atomic E-state index is 0.0424. The average Bonchev–Trinajstić information content (AvgIpc) is 2.40. The second-order valence-electron chi connectivity index (χ2n) is 3.72. The summed E-state index contributed by atoms with van der Waals surface area (Å²) < 4.78 is 10.2. The molecule has 1 aromatic rings. The predicted molar refractivity (Wildman–Crippen MR) is 61.0 cm³/mol. The molecule has 0 saturated heterocycles. The molecule has 2 amide bonds. The van der Waals surface area contributed by atoms with E-state index >= 15 is 0 Å². The van der Waals surface area contributed by atoms with Crippen LogP contribution in [0.5, 0.6) is 11.5 Å². The Hall–Kier alpha value is -2.37. The fourth-order valence-corrected chi connectivity index (χ4v) is 1.86. The predicted octanol–water partition coefficient (Wildman–Crippen LogP) is 0.499. The van der Waals surface area contributed by atoms with Crippen LogP contribution in [0.4, 0.5) is 0 Å². The number of fused-ring (bicyclic) bond motifs is 1. The van der Waals surface area contributed by atoms with Crippen molar-refractivity contribution in [2.24, 2.45) is 0 Å². The Kier molecular flexibility index (Phi) is 2.78. The lowest BCUT2D eigenvalue weighted by atomic mass is 9.96. The van der Waals surface area contributed by atoms with Crippen molar-refractivity contribution in [2.75, 3.05) is 21.3 Å². The van der Waals surface area contributed by atoms with Gasteiger partial charge < -0.3 is 9.47 Å². The molecule has 18 heavy (non-hydrogen) atoms. The first kappa shape index (κ1) is 12.1. The first-order valence-electron chi connectivity index (χ1n) is 5.14. The number of carbonyl (C=O) groups is 3. The lowest BCUT2D eigenvalue weighted by Gasteiger charge is -2.24. The molecule has 0 unspecified atom stereocenters. The lowest BCUT2D eigenvalue weighted by Crippen LogP contribution is -2.43. The molecule has 1 aliphatic heterocycles. The van der Waals surface area contributed by atoms with Gasteiger partial charge in [-0.1, -0.05) is 0 Å². The van der Waals surface area contributed by atoms with E-state index < -0.39 is 17.6 Å². The van der Waals surface area contributed by atoms with Crippen molar-refractivity contribution in [2.45, 2.75) is 0 Å². The van der Waals surface area contributed by atoms with Crippen molar-refractivity contribution >= 4 is 17.6 Å². The number of hydrogen-bond donors (Lipinski definition) is 0. The number of likely N-dealkylation sites (N-methyl/N-ethyl adjacent to an activating group) is 1. The number of ether oxygens (including phenoxy) is 2. The molecule has 0 radical (unpaired) electrons. The smallest absolute Gasteiger partial charge is 0.301 e. The molecule has 0 bridgehead atoms. The van der Waals surface area contributed by atoms with Crippen LogP contribution in [-0.4, -0.2) is 43.8 Å². The van der Waals surface area contributed by atoms with Gasteiger partial charge in [-0.2, -0.15) is 0 Å². The third-order valence-corrected chi connectivity index (χ3v) is 2.81. The normalized spacial score (nSPS) is 14.6. The Morgan fingerprint density at radius 1 is 1.00 bits per heavy atom. The monoisotopic (exact) mass is 249 g/mol. The highest BCUT2D eigenvalue weighted by molar-refractivity contribution is 6.49. The summed E-state index contributed by atoms with van der Waals surface area (Å²) in [7, 11) is 4.05. The molecular weight excluding hydrogens is 238 g/mol. The van der Waals surface area contributed by atoms with Crippen LogP contribution < -0.4 is 9.47 Å². The second kappa shape index (κ2) is 4.14. The summed E-state index contributed by atoms with van der Waals surface area (Å²) >= 11 is 0. The minimum Gasteiger partial charge on any atom is -0.493 e. The number of benzene rings is 1. The highest BCUT2D eigenvalue weighted by atomic mass is 16.5. The Bertz CT molecular complexity index is 564. The van der Waals surface area contributed by atoms with Crippen LogP contribution in [0, 0.1) is 0 Å². The van der Waals surface area contributed by atoms with E-state index in [-0.39, 0.29) is 16.9 Å². The molecule has 1 aromatic carbocycles. The Morgan fingerprint density at radius 2 is 1.67 bits per heavy atom. The lowest BCUT2D eigenvalue weighted by molar-refractivity contribution is -0.123. The van der Waals surface area contributed by atoms with Crippen molar-refractivity contribution in [3.05, 3.63) is 23.3 Å². The highest BCUT2D eigenvalue weighted by Crippen LogP contribution is 2.36. The molecule has 0 saturated carbocycles. The Balaban J connectivity index is 2.76. The number of hydrogen-bond acceptors (Lipinski definition) is 5. The number of methoxy groups -OCH3 is 2. The van der Waals surface area contributed by atoms with Crippen LogP contribution in [0.1, 0.15) is 20.7 Å². The van der Waals surface area contributed by atoms with E-state index in [0.717, 1.165) is 4.90 Å².